The highest BCUT2D eigenvalue weighted by molar-refractivity contribution is 5.93. The van der Waals surface area contributed by atoms with Crippen molar-refractivity contribution in [1.29, 1.82) is 0 Å². The number of nitrogen functional groups attached to an aromatic ring is 1. The van der Waals surface area contributed by atoms with Gasteiger partial charge in [0.1, 0.15) is 17.8 Å². The van der Waals surface area contributed by atoms with E-state index in [2.05, 4.69) is 25.9 Å². The van der Waals surface area contributed by atoms with Crippen molar-refractivity contribution in [3.63, 3.8) is 0 Å². The van der Waals surface area contributed by atoms with E-state index in [1.807, 2.05) is 11.6 Å². The Morgan fingerprint density at radius 3 is 3.05 bits per heavy atom. The Balaban J connectivity index is 1.89. The van der Waals surface area contributed by atoms with E-state index in [1.165, 1.54) is 6.20 Å². The molecule has 0 aliphatic rings. The molecule has 100 valence electrons. The fourth-order valence-electron chi connectivity index (χ4n) is 1.56. The fraction of sp³-hybridized carbons (Fsp3) is 0.273. The van der Waals surface area contributed by atoms with Gasteiger partial charge in [0.2, 0.25) is 0 Å². The zero-order valence-corrected chi connectivity index (χ0v) is 10.5. The third-order valence-electron chi connectivity index (χ3n) is 2.60. The van der Waals surface area contributed by atoms with Crippen LogP contribution in [0.3, 0.4) is 0 Å². The van der Waals surface area contributed by atoms with Crippen LogP contribution in [0, 0.1) is 0 Å². The Bertz CT molecular complexity index is 566. The molecule has 8 heteroatoms. The lowest BCUT2D eigenvalue weighted by Gasteiger charge is -2.05. The largest absolute Gasteiger partial charge is 0.350 e. The molecule has 19 heavy (non-hydrogen) atoms. The summed E-state index contributed by atoms with van der Waals surface area (Å²) in [5.74, 6) is 5.83. The molecule has 0 fully saturated rings. The van der Waals surface area contributed by atoms with Gasteiger partial charge in [-0.25, -0.2) is 0 Å². The van der Waals surface area contributed by atoms with E-state index in [0.717, 1.165) is 5.82 Å². The van der Waals surface area contributed by atoms with Crippen LogP contribution in [-0.2, 0) is 13.5 Å². The van der Waals surface area contributed by atoms with E-state index in [-0.39, 0.29) is 5.91 Å². The number of nitrogens with two attached hydrogens (primary N) is 1. The number of rotatable bonds is 5. The SMILES string of the molecule is Cn1cnnc1CCNC(=O)c1cc(NN)ccn1. The van der Waals surface area contributed by atoms with Crippen LogP contribution >= 0.6 is 0 Å². The van der Waals surface area contributed by atoms with Crippen molar-refractivity contribution in [1.82, 2.24) is 25.1 Å². The summed E-state index contributed by atoms with van der Waals surface area (Å²) in [6, 6.07) is 3.26. The Morgan fingerprint density at radius 2 is 2.37 bits per heavy atom. The molecule has 0 aliphatic carbocycles. The summed E-state index contributed by atoms with van der Waals surface area (Å²) in [5.41, 5.74) is 3.41. The van der Waals surface area contributed by atoms with Crippen molar-refractivity contribution in [2.24, 2.45) is 12.9 Å². The maximum atomic E-state index is 11.8. The molecule has 0 bridgehead atoms. The molecule has 0 atom stereocenters. The highest BCUT2D eigenvalue weighted by atomic mass is 16.1. The highest BCUT2D eigenvalue weighted by Gasteiger charge is 2.08. The number of hydrazine groups is 1. The van der Waals surface area contributed by atoms with E-state index in [0.29, 0.717) is 24.3 Å². The Labute approximate surface area is 110 Å². The van der Waals surface area contributed by atoms with Gasteiger partial charge in [0.05, 0.1) is 5.69 Å². The molecule has 0 aliphatic heterocycles. The molecule has 0 aromatic carbocycles. The molecule has 0 unspecified atom stereocenters. The van der Waals surface area contributed by atoms with E-state index < -0.39 is 0 Å². The molecule has 8 nitrogen and oxygen atoms in total. The highest BCUT2D eigenvalue weighted by Crippen LogP contribution is 2.05. The summed E-state index contributed by atoms with van der Waals surface area (Å²) >= 11 is 0. The van der Waals surface area contributed by atoms with E-state index in [9.17, 15) is 4.79 Å². The second kappa shape index (κ2) is 5.91. The first-order valence-electron chi connectivity index (χ1n) is 5.74. The third kappa shape index (κ3) is 3.26. The molecule has 2 heterocycles. The molecule has 2 aromatic rings. The molecule has 1 amide bonds. The normalized spacial score (nSPS) is 10.2. The molecular formula is C11H15N7O. The number of aryl methyl sites for hydroxylation is 1. The number of pyridine rings is 1. The van der Waals surface area contributed by atoms with Crippen molar-refractivity contribution < 1.29 is 4.79 Å². The van der Waals surface area contributed by atoms with Crippen molar-refractivity contribution in [2.75, 3.05) is 12.0 Å². The number of hydrogen-bond acceptors (Lipinski definition) is 6. The number of carbonyl (C=O) groups excluding carboxylic acids is 1. The van der Waals surface area contributed by atoms with Crippen molar-refractivity contribution in [2.45, 2.75) is 6.42 Å². The van der Waals surface area contributed by atoms with Crippen LogP contribution in [0.25, 0.3) is 0 Å². The van der Waals surface area contributed by atoms with Crippen LogP contribution in [0.5, 0.6) is 0 Å². The molecule has 2 rings (SSSR count). The molecular weight excluding hydrogens is 246 g/mol. The minimum absolute atomic E-state index is 0.251. The number of carbonyl (C=O) groups is 1. The Kier molecular flexibility index (Phi) is 4.04. The lowest BCUT2D eigenvalue weighted by Crippen LogP contribution is -2.27. The summed E-state index contributed by atoms with van der Waals surface area (Å²) in [6.45, 7) is 0.466. The van der Waals surface area contributed by atoms with Gasteiger partial charge in [0.15, 0.2) is 0 Å². The van der Waals surface area contributed by atoms with Gasteiger partial charge in [0.25, 0.3) is 5.91 Å². The standard InChI is InChI=1S/C11H15N7O/c1-18-7-15-17-10(18)3-5-14-11(19)9-6-8(16-12)2-4-13-9/h2,4,6-7H,3,5,12H2,1H3,(H,13,16)(H,14,19). The van der Waals surface area contributed by atoms with Gasteiger partial charge in [-0.3, -0.25) is 15.6 Å². The first kappa shape index (κ1) is 13.0. The number of hydrogen-bond donors (Lipinski definition) is 3. The molecule has 0 saturated carbocycles. The van der Waals surface area contributed by atoms with Gasteiger partial charge in [-0.2, -0.15) is 0 Å². The van der Waals surface area contributed by atoms with Crippen LogP contribution in [0.2, 0.25) is 0 Å². The topological polar surface area (TPSA) is 111 Å². The quantitative estimate of drug-likeness (QED) is 0.493. The average molecular weight is 261 g/mol. The second-order valence-corrected chi connectivity index (χ2v) is 3.94. The molecule has 2 aromatic heterocycles. The van der Waals surface area contributed by atoms with Gasteiger partial charge in [-0.05, 0) is 12.1 Å². The molecule has 4 N–H and O–H groups in total. The second-order valence-electron chi connectivity index (χ2n) is 3.94. The van der Waals surface area contributed by atoms with Gasteiger partial charge >= 0.3 is 0 Å². The number of nitrogens with one attached hydrogen (secondary N) is 2. The first-order chi connectivity index (χ1) is 9.20. The van der Waals surface area contributed by atoms with Gasteiger partial charge in [-0.15, -0.1) is 10.2 Å². The van der Waals surface area contributed by atoms with Crippen molar-refractivity contribution >= 4 is 11.6 Å². The monoisotopic (exact) mass is 261 g/mol. The Hall–Kier alpha value is -2.48. The van der Waals surface area contributed by atoms with Crippen LogP contribution in [0.4, 0.5) is 5.69 Å². The minimum Gasteiger partial charge on any atom is -0.350 e. The average Bonchev–Trinajstić information content (AvgIpc) is 2.84. The van der Waals surface area contributed by atoms with E-state index >= 15 is 0 Å². The summed E-state index contributed by atoms with van der Waals surface area (Å²) in [5, 5.41) is 10.5. The first-order valence-corrected chi connectivity index (χ1v) is 5.74. The van der Waals surface area contributed by atoms with E-state index in [1.54, 1.807) is 18.5 Å². The van der Waals surface area contributed by atoms with Crippen LogP contribution in [0.1, 0.15) is 16.3 Å². The number of amides is 1. The summed E-state index contributed by atoms with van der Waals surface area (Å²) < 4.78 is 1.81. The zero-order chi connectivity index (χ0) is 13.7. The number of anilines is 1. The van der Waals surface area contributed by atoms with Crippen molar-refractivity contribution in [3.8, 4) is 0 Å². The molecule has 0 spiro atoms. The number of nitrogens with zero attached hydrogens (tertiary/aromatic N) is 4. The Morgan fingerprint density at radius 1 is 1.53 bits per heavy atom. The minimum atomic E-state index is -0.251. The van der Waals surface area contributed by atoms with Gasteiger partial charge in [-0.1, -0.05) is 0 Å². The maximum absolute atomic E-state index is 11.8. The predicted molar refractivity (Wildman–Crippen MR) is 69.1 cm³/mol. The lowest BCUT2D eigenvalue weighted by atomic mass is 10.3. The predicted octanol–water partition coefficient (Wildman–Crippen LogP) is -0.532. The summed E-state index contributed by atoms with van der Waals surface area (Å²) in [6.07, 6.45) is 3.75. The fourth-order valence-corrected chi connectivity index (χ4v) is 1.56. The lowest BCUT2D eigenvalue weighted by molar-refractivity contribution is 0.0949. The van der Waals surface area contributed by atoms with Gasteiger partial charge < -0.3 is 15.3 Å². The van der Waals surface area contributed by atoms with Crippen LogP contribution in [0.15, 0.2) is 24.7 Å². The smallest absolute Gasteiger partial charge is 0.269 e. The van der Waals surface area contributed by atoms with E-state index in [4.69, 9.17) is 5.84 Å². The van der Waals surface area contributed by atoms with Crippen LogP contribution < -0.4 is 16.6 Å². The molecule has 0 radical (unpaired) electrons. The van der Waals surface area contributed by atoms with Gasteiger partial charge in [0, 0.05) is 26.2 Å². The summed E-state index contributed by atoms with van der Waals surface area (Å²) in [4.78, 5) is 15.8. The number of aromatic nitrogens is 4. The summed E-state index contributed by atoms with van der Waals surface area (Å²) in [7, 11) is 1.86. The zero-order valence-electron chi connectivity index (χ0n) is 10.5. The van der Waals surface area contributed by atoms with Crippen molar-refractivity contribution in [3.05, 3.63) is 36.2 Å². The third-order valence-corrected chi connectivity index (χ3v) is 2.60. The maximum Gasteiger partial charge on any atom is 0.269 e. The molecule has 0 saturated heterocycles. The van der Waals surface area contributed by atoms with Crippen LogP contribution in [-0.4, -0.2) is 32.2 Å².